The quantitative estimate of drug-likeness (QED) is 0.703. The first-order valence-corrected chi connectivity index (χ1v) is 4.98. The van der Waals surface area contributed by atoms with Crippen molar-refractivity contribution in [3.63, 3.8) is 0 Å². The van der Waals surface area contributed by atoms with Gasteiger partial charge in [-0.05, 0) is 36.7 Å². The molecule has 2 aromatic rings. The molecule has 2 rings (SSSR count). The van der Waals surface area contributed by atoms with Gasteiger partial charge in [0, 0.05) is 5.56 Å². The number of nitrogens with zero attached hydrogens (tertiary/aromatic N) is 2. The van der Waals surface area contributed by atoms with Crippen LogP contribution in [0.4, 0.5) is 0 Å². The van der Waals surface area contributed by atoms with Crippen LogP contribution in [0.3, 0.4) is 0 Å². The SMILES string of the molecule is Cc1c(C)n2c(=O)c(Br)c(C)n2c1=O. The first kappa shape index (κ1) is 9.45. The number of hydrogen-bond acceptors (Lipinski definition) is 2. The van der Waals surface area contributed by atoms with E-state index >= 15 is 0 Å². The number of aryl methyl sites for hydroxylation is 2. The maximum absolute atomic E-state index is 11.7. The minimum Gasteiger partial charge on any atom is -0.267 e. The van der Waals surface area contributed by atoms with Gasteiger partial charge in [0.2, 0.25) is 0 Å². The molecule has 2 heterocycles. The van der Waals surface area contributed by atoms with Crippen LogP contribution in [-0.2, 0) is 0 Å². The Labute approximate surface area is 88.2 Å². The van der Waals surface area contributed by atoms with E-state index in [9.17, 15) is 9.59 Å². The normalized spacial score (nSPS) is 11.4. The summed E-state index contributed by atoms with van der Waals surface area (Å²) in [6.45, 7) is 5.24. The Hall–Kier alpha value is -1.10. The van der Waals surface area contributed by atoms with Gasteiger partial charge in [0.15, 0.2) is 0 Å². The zero-order valence-corrected chi connectivity index (χ0v) is 9.67. The van der Waals surface area contributed by atoms with Crippen LogP contribution in [0.5, 0.6) is 0 Å². The average Bonchev–Trinajstić information content (AvgIpc) is 2.51. The molecule has 0 aliphatic carbocycles. The Balaban J connectivity index is 3.25. The second-order valence-corrected chi connectivity index (χ2v) is 4.14. The topological polar surface area (TPSA) is 43.0 Å². The minimum atomic E-state index is -0.176. The Morgan fingerprint density at radius 1 is 0.929 bits per heavy atom. The number of fused-ring (bicyclic) bond motifs is 1. The lowest BCUT2D eigenvalue weighted by Crippen LogP contribution is -2.15. The van der Waals surface area contributed by atoms with E-state index in [1.54, 1.807) is 20.8 Å². The number of rotatable bonds is 0. The Morgan fingerprint density at radius 2 is 1.43 bits per heavy atom. The number of hydrogen-bond donors (Lipinski definition) is 0. The molecule has 0 aliphatic heterocycles. The molecular weight excluding hydrogens is 248 g/mol. The molecule has 0 radical (unpaired) electrons. The van der Waals surface area contributed by atoms with Crippen molar-refractivity contribution in [3.8, 4) is 0 Å². The van der Waals surface area contributed by atoms with Crippen LogP contribution in [0.15, 0.2) is 14.1 Å². The summed E-state index contributed by atoms with van der Waals surface area (Å²) in [4.78, 5) is 23.4. The summed E-state index contributed by atoms with van der Waals surface area (Å²) >= 11 is 3.17. The molecule has 74 valence electrons. The van der Waals surface area contributed by atoms with Crippen LogP contribution in [-0.4, -0.2) is 9.03 Å². The van der Waals surface area contributed by atoms with Gasteiger partial charge in [0.25, 0.3) is 11.1 Å². The first-order valence-electron chi connectivity index (χ1n) is 4.19. The maximum Gasteiger partial charge on any atom is 0.286 e. The maximum atomic E-state index is 11.7. The molecule has 0 saturated heterocycles. The third-order valence-electron chi connectivity index (χ3n) is 2.59. The van der Waals surface area contributed by atoms with Crippen LogP contribution >= 0.6 is 15.9 Å². The predicted molar refractivity (Wildman–Crippen MR) is 56.5 cm³/mol. The van der Waals surface area contributed by atoms with Crippen molar-refractivity contribution in [1.82, 2.24) is 9.03 Å². The molecule has 0 saturated carbocycles. The van der Waals surface area contributed by atoms with Gasteiger partial charge in [-0.2, -0.15) is 0 Å². The summed E-state index contributed by atoms with van der Waals surface area (Å²) in [5.74, 6) is 0. The summed E-state index contributed by atoms with van der Waals surface area (Å²) in [7, 11) is 0. The minimum absolute atomic E-state index is 0.122. The van der Waals surface area contributed by atoms with Crippen molar-refractivity contribution >= 4 is 15.9 Å². The first-order chi connectivity index (χ1) is 6.46. The largest absolute Gasteiger partial charge is 0.286 e. The number of halogens is 1. The Morgan fingerprint density at radius 3 is 1.93 bits per heavy atom. The second-order valence-electron chi connectivity index (χ2n) is 3.34. The molecule has 0 fully saturated rings. The molecule has 4 nitrogen and oxygen atoms in total. The van der Waals surface area contributed by atoms with E-state index in [1.807, 2.05) is 0 Å². The standard InChI is InChI=1S/C9H9BrN2O2/c1-4-5(2)11-9(14)7(10)6(3)12(11)8(4)13/h1-3H3. The molecule has 0 bridgehead atoms. The lowest BCUT2D eigenvalue weighted by atomic mass is 10.3. The van der Waals surface area contributed by atoms with Crippen molar-refractivity contribution < 1.29 is 0 Å². The zero-order chi connectivity index (χ0) is 10.6. The third-order valence-corrected chi connectivity index (χ3v) is 3.50. The molecule has 0 spiro atoms. The smallest absolute Gasteiger partial charge is 0.267 e. The summed E-state index contributed by atoms with van der Waals surface area (Å²) < 4.78 is 3.26. The van der Waals surface area contributed by atoms with E-state index in [4.69, 9.17) is 0 Å². The fraction of sp³-hybridized carbons (Fsp3) is 0.333. The van der Waals surface area contributed by atoms with Crippen LogP contribution in [0.1, 0.15) is 17.0 Å². The molecule has 0 N–H and O–H groups in total. The van der Waals surface area contributed by atoms with Crippen LogP contribution in [0.2, 0.25) is 0 Å². The van der Waals surface area contributed by atoms with Gasteiger partial charge in [-0.1, -0.05) is 0 Å². The van der Waals surface area contributed by atoms with Crippen molar-refractivity contribution in [3.05, 3.63) is 42.1 Å². The molecule has 5 heteroatoms. The van der Waals surface area contributed by atoms with Gasteiger partial charge in [0.1, 0.15) is 4.47 Å². The zero-order valence-electron chi connectivity index (χ0n) is 8.09. The van der Waals surface area contributed by atoms with Gasteiger partial charge >= 0.3 is 0 Å². The highest BCUT2D eigenvalue weighted by atomic mass is 79.9. The highest BCUT2D eigenvalue weighted by Gasteiger charge is 2.17. The summed E-state index contributed by atoms with van der Waals surface area (Å²) in [6, 6.07) is 0. The van der Waals surface area contributed by atoms with Crippen molar-refractivity contribution in [2.75, 3.05) is 0 Å². The predicted octanol–water partition coefficient (Wildman–Crippen LogP) is 0.885. The van der Waals surface area contributed by atoms with Crippen molar-refractivity contribution in [1.29, 1.82) is 0 Å². The van der Waals surface area contributed by atoms with Crippen molar-refractivity contribution in [2.45, 2.75) is 20.8 Å². The molecule has 14 heavy (non-hydrogen) atoms. The summed E-state index contributed by atoms with van der Waals surface area (Å²) in [5, 5.41) is 0. The van der Waals surface area contributed by atoms with Crippen LogP contribution in [0.25, 0.3) is 0 Å². The molecule has 0 unspecified atom stereocenters. The average molecular weight is 257 g/mol. The van der Waals surface area contributed by atoms with Crippen LogP contribution < -0.4 is 11.1 Å². The van der Waals surface area contributed by atoms with E-state index in [2.05, 4.69) is 15.9 Å². The van der Waals surface area contributed by atoms with E-state index in [1.165, 1.54) is 9.03 Å². The third kappa shape index (κ3) is 0.877. The molecular formula is C9H9BrN2O2. The monoisotopic (exact) mass is 256 g/mol. The van der Waals surface area contributed by atoms with Gasteiger partial charge in [0.05, 0.1) is 11.4 Å². The molecule has 0 aliphatic rings. The Kier molecular flexibility index (Phi) is 1.82. The Bertz CT molecular complexity index is 568. The van der Waals surface area contributed by atoms with Gasteiger partial charge in [-0.3, -0.25) is 9.59 Å². The number of aromatic nitrogens is 2. The van der Waals surface area contributed by atoms with Crippen molar-refractivity contribution in [2.24, 2.45) is 0 Å². The van der Waals surface area contributed by atoms with E-state index in [0.717, 1.165) is 0 Å². The van der Waals surface area contributed by atoms with E-state index in [0.29, 0.717) is 21.4 Å². The van der Waals surface area contributed by atoms with Gasteiger partial charge in [-0.15, -0.1) is 0 Å². The lowest BCUT2D eigenvalue weighted by Gasteiger charge is -1.89. The molecule has 0 aromatic carbocycles. The second kappa shape index (κ2) is 2.70. The van der Waals surface area contributed by atoms with Crippen LogP contribution in [0, 0.1) is 20.8 Å². The molecule has 2 aromatic heterocycles. The highest BCUT2D eigenvalue weighted by Crippen LogP contribution is 2.12. The summed E-state index contributed by atoms with van der Waals surface area (Å²) in [6.07, 6.45) is 0. The summed E-state index contributed by atoms with van der Waals surface area (Å²) in [5.41, 5.74) is 1.68. The van der Waals surface area contributed by atoms with E-state index in [-0.39, 0.29) is 11.1 Å². The van der Waals surface area contributed by atoms with Gasteiger partial charge < -0.3 is 0 Å². The molecule has 0 atom stereocenters. The van der Waals surface area contributed by atoms with Gasteiger partial charge in [-0.25, -0.2) is 9.03 Å². The fourth-order valence-corrected chi connectivity index (χ4v) is 1.94. The molecule has 0 amide bonds. The highest BCUT2D eigenvalue weighted by molar-refractivity contribution is 9.10. The lowest BCUT2D eigenvalue weighted by molar-refractivity contribution is 0.768. The van der Waals surface area contributed by atoms with E-state index < -0.39 is 0 Å². The fourth-order valence-electron chi connectivity index (χ4n) is 1.60.